The Kier molecular flexibility index (Phi) is 11.4. The van der Waals surface area contributed by atoms with E-state index in [4.69, 9.17) is 4.52 Å². The van der Waals surface area contributed by atoms with Gasteiger partial charge < -0.3 is 29.9 Å². The molecule has 0 aliphatic carbocycles. The van der Waals surface area contributed by atoms with Crippen molar-refractivity contribution < 1.29 is 32.5 Å². The van der Waals surface area contributed by atoms with Crippen LogP contribution in [0.15, 0.2) is 65.6 Å². The first kappa shape index (κ1) is 41.9. The van der Waals surface area contributed by atoms with Gasteiger partial charge in [0, 0.05) is 74.0 Å². The molecule has 3 fully saturated rings. The third kappa shape index (κ3) is 8.80. The highest BCUT2D eigenvalue weighted by Gasteiger charge is 2.38. The van der Waals surface area contributed by atoms with Crippen molar-refractivity contribution in [2.24, 2.45) is 5.92 Å². The summed E-state index contributed by atoms with van der Waals surface area (Å²) in [6.07, 6.45) is 3.33. The van der Waals surface area contributed by atoms with Crippen LogP contribution < -0.4 is 25.8 Å². The van der Waals surface area contributed by atoms with E-state index in [1.807, 2.05) is 75.9 Å². The molecule has 0 spiro atoms. The number of pyridine rings is 1. The molecule has 322 valence electrons. The zero-order valence-electron chi connectivity index (χ0n) is 35.0. The first-order valence-corrected chi connectivity index (χ1v) is 20.5. The number of nitrogens with zero attached hydrogens (tertiary/aromatic N) is 8. The molecule has 2 aromatic carbocycles. The van der Waals surface area contributed by atoms with E-state index in [9.17, 15) is 19.2 Å². The highest BCUT2D eigenvalue weighted by Crippen LogP contribution is 2.35. The Hall–Kier alpha value is -6.85. The molecule has 4 amide bonds. The third-order valence-electron chi connectivity index (χ3n) is 11.5. The summed E-state index contributed by atoms with van der Waals surface area (Å²) in [4.78, 5) is 73.4. The summed E-state index contributed by atoms with van der Waals surface area (Å²) in [7, 11) is 0. The van der Waals surface area contributed by atoms with Crippen molar-refractivity contribution in [1.29, 1.82) is 0 Å². The van der Waals surface area contributed by atoms with Crippen LogP contribution in [0.2, 0.25) is 0 Å². The number of hydrogen-bond acceptors (Lipinski definition) is 13. The number of nitrogens with one attached hydrogen (secondary N) is 3. The van der Waals surface area contributed by atoms with Crippen LogP contribution in [0.25, 0.3) is 11.3 Å². The number of anilines is 4. The molecule has 1 unspecified atom stereocenters. The molecule has 6 heterocycles. The van der Waals surface area contributed by atoms with Crippen LogP contribution in [0.1, 0.15) is 85.7 Å². The topological polar surface area (TPSA) is 192 Å². The molecule has 5 aromatic rings. The molecule has 3 aliphatic heterocycles. The Morgan fingerprint density at radius 1 is 0.903 bits per heavy atom. The van der Waals surface area contributed by atoms with E-state index in [2.05, 4.69) is 45.9 Å². The lowest BCUT2D eigenvalue weighted by molar-refractivity contribution is -0.137. The fraction of sp³-hybridized carbons (Fsp3) is 0.386. The summed E-state index contributed by atoms with van der Waals surface area (Å²) in [6, 6.07) is 13.6. The van der Waals surface area contributed by atoms with Gasteiger partial charge in [-0.1, -0.05) is 38.1 Å². The molecular formula is C44H47F2N11O5. The van der Waals surface area contributed by atoms with E-state index < -0.39 is 35.3 Å². The van der Waals surface area contributed by atoms with E-state index in [-0.39, 0.29) is 47.6 Å². The molecule has 62 heavy (non-hydrogen) atoms. The predicted molar refractivity (Wildman–Crippen MR) is 225 cm³/mol. The van der Waals surface area contributed by atoms with Gasteiger partial charge in [0.25, 0.3) is 0 Å². The summed E-state index contributed by atoms with van der Waals surface area (Å²) < 4.78 is 35.4. The van der Waals surface area contributed by atoms with Crippen molar-refractivity contribution in [3.05, 3.63) is 101 Å². The number of carbonyl (C=O) groups is 4. The molecule has 3 N–H and O–H groups in total. The van der Waals surface area contributed by atoms with Crippen LogP contribution in [0.3, 0.4) is 0 Å². The molecule has 3 saturated heterocycles. The summed E-state index contributed by atoms with van der Waals surface area (Å²) in [5.74, 6) is -3.10. The maximum Gasteiger partial charge on any atom is 0.315 e. The largest absolute Gasteiger partial charge is 0.370 e. The van der Waals surface area contributed by atoms with Gasteiger partial charge in [-0.15, -0.1) is 0 Å². The second-order valence-corrected chi connectivity index (χ2v) is 17.0. The van der Waals surface area contributed by atoms with E-state index >= 15 is 8.78 Å². The Labute approximate surface area is 356 Å². The highest BCUT2D eigenvalue weighted by atomic mass is 19.1. The molecule has 16 nitrogen and oxygen atoms in total. The summed E-state index contributed by atoms with van der Waals surface area (Å²) in [6.45, 7) is 12.6. The number of benzene rings is 2. The minimum absolute atomic E-state index is 0.00429. The van der Waals surface area contributed by atoms with Crippen LogP contribution in [0.5, 0.6) is 0 Å². The monoisotopic (exact) mass is 847 g/mol. The summed E-state index contributed by atoms with van der Waals surface area (Å²) >= 11 is 0. The van der Waals surface area contributed by atoms with Gasteiger partial charge in [-0.3, -0.25) is 24.5 Å². The fourth-order valence-electron chi connectivity index (χ4n) is 7.98. The minimum Gasteiger partial charge on any atom is -0.370 e. The Bertz CT molecular complexity index is 2510. The molecule has 2 atom stereocenters. The number of piperazine rings is 1. The van der Waals surface area contributed by atoms with Gasteiger partial charge in [-0.25, -0.2) is 23.7 Å². The number of halogens is 2. The van der Waals surface area contributed by atoms with E-state index in [1.165, 1.54) is 18.5 Å². The highest BCUT2D eigenvalue weighted by molar-refractivity contribution is 6.01. The van der Waals surface area contributed by atoms with Gasteiger partial charge in [0.15, 0.2) is 5.82 Å². The number of aryl methyl sites for hydroxylation is 1. The lowest BCUT2D eigenvalue weighted by Crippen LogP contribution is -2.58. The third-order valence-corrected chi connectivity index (χ3v) is 11.5. The van der Waals surface area contributed by atoms with Crippen LogP contribution in [-0.2, 0) is 19.8 Å². The molecule has 3 aromatic heterocycles. The second kappa shape index (κ2) is 16.9. The van der Waals surface area contributed by atoms with Crippen LogP contribution >= 0.6 is 0 Å². The second-order valence-electron chi connectivity index (χ2n) is 17.0. The normalized spacial score (nSPS) is 17.7. The summed E-state index contributed by atoms with van der Waals surface area (Å²) in [5.41, 5.74) is 4.02. The van der Waals surface area contributed by atoms with Crippen LogP contribution in [-0.4, -0.2) is 92.9 Å². The lowest BCUT2D eigenvalue weighted by Gasteiger charge is -2.44. The first-order valence-electron chi connectivity index (χ1n) is 20.5. The predicted octanol–water partition coefficient (Wildman–Crippen LogP) is 5.35. The first-order chi connectivity index (χ1) is 29.6. The van der Waals surface area contributed by atoms with Gasteiger partial charge >= 0.3 is 11.8 Å². The van der Waals surface area contributed by atoms with Crippen molar-refractivity contribution >= 4 is 46.6 Å². The van der Waals surface area contributed by atoms with Crippen molar-refractivity contribution in [3.63, 3.8) is 0 Å². The summed E-state index contributed by atoms with van der Waals surface area (Å²) in [5, 5.41) is 12.3. The number of piperidine rings is 1. The Balaban J connectivity index is 0.811. The van der Waals surface area contributed by atoms with Crippen molar-refractivity contribution in [2.45, 2.75) is 64.8 Å². The molecule has 0 bridgehead atoms. The Morgan fingerprint density at radius 2 is 1.65 bits per heavy atom. The molecule has 18 heteroatoms. The maximum absolute atomic E-state index is 15.1. The number of carbonyl (C=O) groups excluding carboxylic acids is 4. The standard InChI is InChI=1S/C44H47F2N11O5/c1-24-16-26(6-8-30(24)25(2)50-40(60)41-53-43(54-62-41)44(3,4)5)34-19-36(49-23-48-34)51-35-10-7-28(20-47-35)55-12-14-56(15-13-55)42(61)27-21-57(22-27)29-17-32(45)38(33(46)18-29)31-9-11-37(58)52-39(31)59/h6-8,10,16-20,23,25,27,31H,9,11-15,21-22H2,1-5H3,(H,50,60)(H,52,58,59)(H,47,48,49,51)/t25-,31?/m1/s1. The SMILES string of the molecule is Cc1cc(-c2cc(Nc3ccc(N4CCN(C(=O)C5CN(c6cc(F)c(C7CCC(=O)NC7=O)c(F)c6)C5)CC4)cn3)ncn2)ccc1[C@@H](C)NC(=O)c1nc(C(C)(C)C)no1. The van der Waals surface area contributed by atoms with Crippen LogP contribution in [0, 0.1) is 24.5 Å². The minimum atomic E-state index is -1.06. The van der Waals surface area contributed by atoms with Gasteiger partial charge in [0.2, 0.25) is 17.7 Å². The number of amides is 4. The van der Waals surface area contributed by atoms with Crippen LogP contribution in [0.4, 0.5) is 31.8 Å². The maximum atomic E-state index is 15.1. The fourth-order valence-corrected chi connectivity index (χ4v) is 7.98. The zero-order valence-corrected chi connectivity index (χ0v) is 35.0. The smallest absolute Gasteiger partial charge is 0.315 e. The quantitative estimate of drug-likeness (QED) is 0.153. The van der Waals surface area contributed by atoms with Gasteiger partial charge in [-0.05, 0) is 61.7 Å². The van der Waals surface area contributed by atoms with Gasteiger partial charge in [0.05, 0.1) is 35.5 Å². The average molecular weight is 848 g/mol. The Morgan fingerprint density at radius 3 is 2.29 bits per heavy atom. The average Bonchev–Trinajstić information content (AvgIpc) is 3.73. The molecule has 3 aliphatic rings. The van der Waals surface area contributed by atoms with E-state index in [0.717, 1.165) is 22.4 Å². The zero-order chi connectivity index (χ0) is 43.9. The molecule has 0 saturated carbocycles. The van der Waals surface area contributed by atoms with E-state index in [0.29, 0.717) is 68.1 Å². The molecule has 0 radical (unpaired) electrons. The molecule has 8 rings (SSSR count). The number of imide groups is 1. The number of hydrogen-bond donors (Lipinski definition) is 3. The van der Waals surface area contributed by atoms with Crippen molar-refractivity contribution in [3.8, 4) is 11.3 Å². The van der Waals surface area contributed by atoms with Crippen molar-refractivity contribution in [2.75, 3.05) is 54.4 Å². The van der Waals surface area contributed by atoms with E-state index in [1.54, 1.807) is 11.1 Å². The number of aromatic nitrogens is 5. The number of rotatable bonds is 10. The van der Waals surface area contributed by atoms with Crippen molar-refractivity contribution in [1.82, 2.24) is 40.6 Å². The lowest BCUT2D eigenvalue weighted by atomic mass is 9.89. The molecular weight excluding hydrogens is 801 g/mol. The van der Waals surface area contributed by atoms with Gasteiger partial charge in [0.1, 0.15) is 29.6 Å². The van der Waals surface area contributed by atoms with Gasteiger partial charge in [-0.2, -0.15) is 4.98 Å².